The van der Waals surface area contributed by atoms with Crippen LogP contribution in [0.5, 0.6) is 0 Å². The van der Waals surface area contributed by atoms with E-state index in [1.165, 1.54) is 25.5 Å². The van der Waals surface area contributed by atoms with Crippen molar-refractivity contribution in [3.05, 3.63) is 60.2 Å². The molecular formula is C29H43N5O. The minimum Gasteiger partial charge on any atom is -0.349 e. The molecule has 1 fully saturated rings. The van der Waals surface area contributed by atoms with Gasteiger partial charge in [-0.2, -0.15) is 5.10 Å². The molecule has 0 aromatic heterocycles. The lowest BCUT2D eigenvalue weighted by Gasteiger charge is -2.21. The van der Waals surface area contributed by atoms with Crippen LogP contribution < -0.4 is 5.32 Å². The van der Waals surface area contributed by atoms with E-state index < -0.39 is 0 Å². The molecule has 6 heteroatoms. The Hall–Kier alpha value is -3.28. The van der Waals surface area contributed by atoms with E-state index in [0.717, 1.165) is 40.8 Å². The zero-order valence-electron chi connectivity index (χ0n) is 22.3. The van der Waals surface area contributed by atoms with Crippen LogP contribution in [0.25, 0.3) is 5.57 Å². The summed E-state index contributed by atoms with van der Waals surface area (Å²) in [5.41, 5.74) is 4.46. The van der Waals surface area contributed by atoms with E-state index in [2.05, 4.69) is 33.6 Å². The first kappa shape index (κ1) is 29.8. The molecule has 1 N–H and O–H groups in total. The summed E-state index contributed by atoms with van der Waals surface area (Å²) in [6.45, 7) is 14.7. The van der Waals surface area contributed by atoms with E-state index in [1.807, 2.05) is 71.4 Å². The Kier molecular flexibility index (Phi) is 14.6. The Labute approximate surface area is 212 Å². The first-order valence-electron chi connectivity index (χ1n) is 12.5. The number of para-hydroxylation sites is 1. The quantitative estimate of drug-likeness (QED) is 0.296. The van der Waals surface area contributed by atoms with Gasteiger partial charge in [-0.25, -0.2) is 0 Å². The Balaban J connectivity index is 0.00000298. The maximum atomic E-state index is 12.3. The summed E-state index contributed by atoms with van der Waals surface area (Å²) < 4.78 is 0. The molecule has 2 rings (SSSR count). The van der Waals surface area contributed by atoms with Crippen LogP contribution in [0, 0.1) is 0 Å². The average molecular weight is 478 g/mol. The minimum absolute atomic E-state index is 0.137. The largest absolute Gasteiger partial charge is 0.349 e. The molecule has 0 saturated heterocycles. The van der Waals surface area contributed by atoms with Crippen molar-refractivity contribution in [1.82, 2.24) is 10.3 Å². The van der Waals surface area contributed by atoms with Gasteiger partial charge in [0, 0.05) is 31.9 Å². The second-order valence-electron chi connectivity index (χ2n) is 8.48. The predicted octanol–water partition coefficient (Wildman–Crippen LogP) is 6.39. The lowest BCUT2D eigenvalue weighted by Crippen LogP contribution is -2.36. The molecule has 0 spiro atoms. The van der Waals surface area contributed by atoms with E-state index in [9.17, 15) is 4.79 Å². The number of rotatable bonds is 11. The van der Waals surface area contributed by atoms with Crippen molar-refractivity contribution < 1.29 is 4.79 Å². The number of hydrogen-bond acceptors (Lipinski definition) is 5. The summed E-state index contributed by atoms with van der Waals surface area (Å²) in [5, 5.41) is 8.96. The average Bonchev–Trinajstić information content (AvgIpc) is 2.87. The van der Waals surface area contributed by atoms with Gasteiger partial charge in [-0.3, -0.25) is 14.8 Å². The molecule has 0 heterocycles. The third-order valence-electron chi connectivity index (χ3n) is 5.37. The van der Waals surface area contributed by atoms with E-state index in [4.69, 9.17) is 0 Å². The summed E-state index contributed by atoms with van der Waals surface area (Å²) in [5.74, 6) is -0.137. The van der Waals surface area contributed by atoms with E-state index in [0.29, 0.717) is 13.0 Å². The van der Waals surface area contributed by atoms with Crippen LogP contribution in [-0.2, 0) is 4.79 Å². The molecule has 6 nitrogen and oxygen atoms in total. The summed E-state index contributed by atoms with van der Waals surface area (Å²) in [4.78, 5) is 21.3. The number of carbonyl (C=O) groups excluding carboxylic acids is 1. The molecule has 190 valence electrons. The van der Waals surface area contributed by atoms with Gasteiger partial charge in [-0.15, -0.1) is 0 Å². The lowest BCUT2D eigenvalue weighted by molar-refractivity contribution is -0.115. The standard InChI is InChI=1S/C27H37N5O.C2H6/c1-6-23(19-28-17-21(2)18-30-32(4)5)16-22(3)25-14-10-11-15-26(25)29-20-27(33)31-24-12-8-7-9-13-24;1-2/h6,10-11,14-15,18-20,24H,2-3,7-9,12-13,16-17H2,1,4-5H3,(H,31,33);1-2H3/b23-6-,28-19?,29-20?,30-18-;. The van der Waals surface area contributed by atoms with Gasteiger partial charge < -0.3 is 10.3 Å². The summed E-state index contributed by atoms with van der Waals surface area (Å²) in [6, 6.07) is 8.03. The smallest absolute Gasteiger partial charge is 0.262 e. The maximum Gasteiger partial charge on any atom is 0.262 e. The van der Waals surface area contributed by atoms with Gasteiger partial charge in [0.15, 0.2) is 0 Å². The third kappa shape index (κ3) is 12.1. The van der Waals surface area contributed by atoms with Crippen molar-refractivity contribution in [2.24, 2.45) is 15.1 Å². The SMILES string of the molecule is C=C(/C=N\N(C)C)CN=C/C(=C\C)CC(=C)c1ccccc1N=CC(=O)NC1CCCCC1.CC. The van der Waals surface area contributed by atoms with Gasteiger partial charge in [-0.05, 0) is 49.0 Å². The Morgan fingerprint density at radius 3 is 2.43 bits per heavy atom. The maximum absolute atomic E-state index is 12.3. The molecule has 1 aromatic carbocycles. The highest BCUT2D eigenvalue weighted by Gasteiger charge is 2.14. The number of hydrazone groups is 1. The van der Waals surface area contributed by atoms with Gasteiger partial charge in [0.1, 0.15) is 0 Å². The van der Waals surface area contributed by atoms with Crippen molar-refractivity contribution in [2.45, 2.75) is 65.3 Å². The van der Waals surface area contributed by atoms with Crippen LogP contribution in [0.2, 0.25) is 0 Å². The van der Waals surface area contributed by atoms with E-state index in [-0.39, 0.29) is 11.9 Å². The van der Waals surface area contributed by atoms with Crippen molar-refractivity contribution >= 4 is 35.8 Å². The molecule has 1 aromatic rings. The number of nitrogens with zero attached hydrogens (tertiary/aromatic N) is 4. The lowest BCUT2D eigenvalue weighted by atomic mass is 9.95. The van der Waals surface area contributed by atoms with Crippen molar-refractivity contribution in [2.75, 3.05) is 20.6 Å². The number of carbonyl (C=O) groups is 1. The fourth-order valence-electron chi connectivity index (χ4n) is 3.58. The topological polar surface area (TPSA) is 69.4 Å². The molecular weight excluding hydrogens is 434 g/mol. The van der Waals surface area contributed by atoms with Crippen molar-refractivity contribution in [3.8, 4) is 0 Å². The molecule has 35 heavy (non-hydrogen) atoms. The number of allylic oxidation sites excluding steroid dienone is 3. The molecule has 0 aliphatic heterocycles. The van der Waals surface area contributed by atoms with E-state index >= 15 is 0 Å². The van der Waals surface area contributed by atoms with Gasteiger partial charge in [0.2, 0.25) is 0 Å². The van der Waals surface area contributed by atoms with E-state index in [1.54, 1.807) is 11.2 Å². The highest BCUT2D eigenvalue weighted by Crippen LogP contribution is 2.29. The number of aliphatic imine (C=N–C) groups is 2. The monoisotopic (exact) mass is 477 g/mol. The second kappa shape index (κ2) is 17.2. The van der Waals surface area contributed by atoms with Crippen molar-refractivity contribution in [1.29, 1.82) is 0 Å². The van der Waals surface area contributed by atoms with Gasteiger partial charge >= 0.3 is 0 Å². The Morgan fingerprint density at radius 2 is 1.77 bits per heavy atom. The normalized spacial score (nSPS) is 14.7. The molecule has 0 atom stereocenters. The van der Waals surface area contributed by atoms with Crippen LogP contribution in [-0.4, -0.2) is 56.2 Å². The number of hydrogen-bond donors (Lipinski definition) is 1. The first-order chi connectivity index (χ1) is 16.9. The van der Waals surface area contributed by atoms with Crippen LogP contribution in [0.1, 0.15) is 64.9 Å². The van der Waals surface area contributed by atoms with Crippen LogP contribution >= 0.6 is 0 Å². The zero-order valence-corrected chi connectivity index (χ0v) is 22.3. The third-order valence-corrected chi connectivity index (χ3v) is 5.37. The van der Waals surface area contributed by atoms with Crippen LogP contribution in [0.4, 0.5) is 5.69 Å². The fourth-order valence-corrected chi connectivity index (χ4v) is 3.58. The van der Waals surface area contributed by atoms with Crippen LogP contribution in [0.3, 0.4) is 0 Å². The minimum atomic E-state index is -0.137. The molecule has 0 bridgehead atoms. The summed E-state index contributed by atoms with van der Waals surface area (Å²) >= 11 is 0. The number of nitrogens with one attached hydrogen (secondary N) is 1. The molecule has 1 aliphatic rings. The predicted molar refractivity (Wildman–Crippen MR) is 153 cm³/mol. The highest BCUT2D eigenvalue weighted by atomic mass is 16.1. The fraction of sp³-hybridized carbons (Fsp3) is 0.448. The number of amides is 1. The van der Waals surface area contributed by atoms with Gasteiger partial charge in [-0.1, -0.05) is 70.5 Å². The Morgan fingerprint density at radius 1 is 1.09 bits per heavy atom. The van der Waals surface area contributed by atoms with Crippen molar-refractivity contribution in [3.63, 3.8) is 0 Å². The summed E-state index contributed by atoms with van der Waals surface area (Å²) in [6.07, 6.45) is 13.3. The Bertz CT molecular complexity index is 934. The molecule has 1 saturated carbocycles. The summed E-state index contributed by atoms with van der Waals surface area (Å²) in [7, 11) is 3.73. The van der Waals surface area contributed by atoms with Gasteiger partial charge in [0.25, 0.3) is 5.91 Å². The molecule has 1 aliphatic carbocycles. The van der Waals surface area contributed by atoms with Crippen LogP contribution in [0.15, 0.2) is 69.7 Å². The first-order valence-corrected chi connectivity index (χ1v) is 12.5. The molecule has 0 radical (unpaired) electrons. The molecule has 0 unspecified atom stereocenters. The highest BCUT2D eigenvalue weighted by molar-refractivity contribution is 6.27. The molecule has 1 amide bonds. The van der Waals surface area contributed by atoms with Gasteiger partial charge in [0.05, 0.1) is 24.7 Å². The second-order valence-corrected chi connectivity index (χ2v) is 8.48. The number of benzene rings is 1. The zero-order chi connectivity index (χ0) is 26.1.